The van der Waals surface area contributed by atoms with Gasteiger partial charge in [0.25, 0.3) is 0 Å². The Morgan fingerprint density at radius 2 is 1.76 bits per heavy atom. The van der Waals surface area contributed by atoms with E-state index in [0.717, 1.165) is 25.3 Å². The third-order valence-electron chi connectivity index (χ3n) is 4.08. The number of amidine groups is 1. The average Bonchev–Trinajstić information content (AvgIpc) is 2.93. The fourth-order valence-electron chi connectivity index (χ4n) is 2.78. The number of aliphatic hydroxyl groups excluding tert-OH is 1. The van der Waals surface area contributed by atoms with Gasteiger partial charge in [0.1, 0.15) is 12.1 Å². The third kappa shape index (κ3) is 8.25. The normalized spacial score (nSPS) is 16.7. The van der Waals surface area contributed by atoms with Crippen LogP contribution in [0.4, 0.5) is 0 Å². The highest BCUT2D eigenvalue weighted by molar-refractivity contribution is 5.83. The molecule has 1 rings (SSSR count). The van der Waals surface area contributed by atoms with Crippen molar-refractivity contribution in [3.05, 3.63) is 12.2 Å². The minimum Gasteiger partial charge on any atom is -0.374 e. The molecule has 1 atom stereocenters. The summed E-state index contributed by atoms with van der Waals surface area (Å²) in [6.07, 6.45) is 16.9. The van der Waals surface area contributed by atoms with Crippen LogP contribution in [0.1, 0.15) is 78.1 Å². The summed E-state index contributed by atoms with van der Waals surface area (Å²) >= 11 is 0. The number of unbranched alkanes of at least 4 members (excludes halogenated alkanes) is 7. The molecule has 0 spiro atoms. The fourth-order valence-corrected chi connectivity index (χ4v) is 2.78. The molecule has 0 aromatic heterocycles. The predicted octanol–water partition coefficient (Wildman–Crippen LogP) is 4.52. The van der Waals surface area contributed by atoms with Crippen molar-refractivity contribution in [2.45, 2.75) is 84.3 Å². The Morgan fingerprint density at radius 1 is 1.10 bits per heavy atom. The van der Waals surface area contributed by atoms with Crippen LogP contribution < -0.4 is 0 Å². The lowest BCUT2D eigenvalue weighted by Crippen LogP contribution is -2.35. The van der Waals surface area contributed by atoms with E-state index < -0.39 is 0 Å². The molecule has 0 aliphatic carbocycles. The highest BCUT2D eigenvalue weighted by atomic mass is 16.3. The molecule has 1 aliphatic rings. The summed E-state index contributed by atoms with van der Waals surface area (Å²) in [4.78, 5) is 6.52. The monoisotopic (exact) mass is 294 g/mol. The van der Waals surface area contributed by atoms with Crippen molar-refractivity contribution < 1.29 is 5.11 Å². The van der Waals surface area contributed by atoms with Gasteiger partial charge in [-0.15, -0.1) is 0 Å². The molecule has 0 amide bonds. The minimum absolute atomic E-state index is 0.385. The second-order valence-electron chi connectivity index (χ2n) is 6.04. The van der Waals surface area contributed by atoms with E-state index in [1.165, 1.54) is 57.8 Å². The molecule has 0 saturated heterocycles. The van der Waals surface area contributed by atoms with Crippen molar-refractivity contribution in [3.8, 4) is 0 Å². The maximum Gasteiger partial charge on any atom is 0.125 e. The van der Waals surface area contributed by atoms with Crippen LogP contribution in [-0.4, -0.2) is 35.2 Å². The molecule has 122 valence electrons. The average molecular weight is 294 g/mol. The number of allylic oxidation sites excluding steroid dienone is 2. The van der Waals surface area contributed by atoms with Crippen LogP contribution in [-0.2, 0) is 0 Å². The van der Waals surface area contributed by atoms with E-state index >= 15 is 0 Å². The summed E-state index contributed by atoms with van der Waals surface area (Å²) in [6, 6.07) is 0. The predicted molar refractivity (Wildman–Crippen MR) is 91.7 cm³/mol. The molecule has 0 aromatic carbocycles. The first kappa shape index (κ1) is 18.2. The lowest BCUT2D eigenvalue weighted by atomic mass is 10.1. The van der Waals surface area contributed by atoms with Gasteiger partial charge in [-0.2, -0.15) is 0 Å². The minimum atomic E-state index is -0.385. The molecular formula is C18H34N2O. The first-order valence-corrected chi connectivity index (χ1v) is 8.88. The molecule has 0 aromatic rings. The smallest absolute Gasteiger partial charge is 0.125 e. The zero-order valence-corrected chi connectivity index (χ0v) is 14.1. The SMILES string of the molecule is CCCCC/C=C/CCCCCCC1=NCCN1C(C)O. The van der Waals surface area contributed by atoms with E-state index in [2.05, 4.69) is 24.1 Å². The summed E-state index contributed by atoms with van der Waals surface area (Å²) in [7, 11) is 0. The maximum absolute atomic E-state index is 9.64. The number of hydrogen-bond acceptors (Lipinski definition) is 3. The number of aliphatic imine (C=N–C) groups is 1. The standard InChI is InChI=1S/C18H34N2O/c1-3-4-5-6-7-8-9-10-11-12-13-14-18-19-15-16-20(18)17(2)21/h7-8,17,21H,3-6,9-16H2,1-2H3/b8-7+. The van der Waals surface area contributed by atoms with Gasteiger partial charge in [0, 0.05) is 13.0 Å². The quantitative estimate of drug-likeness (QED) is 0.424. The molecule has 1 unspecified atom stereocenters. The van der Waals surface area contributed by atoms with E-state index in [1.807, 2.05) is 11.8 Å². The molecule has 0 fully saturated rings. The molecular weight excluding hydrogens is 260 g/mol. The summed E-state index contributed by atoms with van der Waals surface area (Å²) in [5, 5.41) is 9.64. The number of aliphatic hydroxyl groups is 1. The molecule has 0 bridgehead atoms. The summed E-state index contributed by atoms with van der Waals surface area (Å²) in [5.41, 5.74) is 0. The molecule has 1 aliphatic heterocycles. The Labute approximate surface area is 131 Å². The molecule has 1 N–H and O–H groups in total. The van der Waals surface area contributed by atoms with Gasteiger partial charge in [0.05, 0.1) is 6.54 Å². The number of nitrogens with zero attached hydrogens (tertiary/aromatic N) is 2. The highest BCUT2D eigenvalue weighted by Gasteiger charge is 2.19. The van der Waals surface area contributed by atoms with E-state index in [4.69, 9.17) is 0 Å². The van der Waals surface area contributed by atoms with Gasteiger partial charge in [0.2, 0.25) is 0 Å². The number of hydrogen-bond donors (Lipinski definition) is 1. The third-order valence-corrected chi connectivity index (χ3v) is 4.08. The topological polar surface area (TPSA) is 35.8 Å². The molecule has 0 saturated carbocycles. The summed E-state index contributed by atoms with van der Waals surface area (Å²) in [6.45, 7) is 5.81. The zero-order valence-electron chi connectivity index (χ0n) is 14.1. The van der Waals surface area contributed by atoms with Crippen LogP contribution in [0.3, 0.4) is 0 Å². The lowest BCUT2D eigenvalue weighted by Gasteiger charge is -2.23. The van der Waals surface area contributed by atoms with Gasteiger partial charge in [0.15, 0.2) is 0 Å². The molecule has 1 heterocycles. The van der Waals surface area contributed by atoms with Crippen molar-refractivity contribution in [2.24, 2.45) is 4.99 Å². The molecule has 3 heteroatoms. The van der Waals surface area contributed by atoms with Crippen molar-refractivity contribution in [2.75, 3.05) is 13.1 Å². The van der Waals surface area contributed by atoms with E-state index in [-0.39, 0.29) is 6.23 Å². The Kier molecular flexibility index (Phi) is 10.2. The fraction of sp³-hybridized carbons (Fsp3) is 0.833. The Balaban J connectivity index is 1.93. The van der Waals surface area contributed by atoms with Crippen LogP contribution in [0.25, 0.3) is 0 Å². The molecule has 0 radical (unpaired) electrons. The molecule has 3 nitrogen and oxygen atoms in total. The Bertz CT molecular complexity index is 310. The molecule has 21 heavy (non-hydrogen) atoms. The van der Waals surface area contributed by atoms with Crippen molar-refractivity contribution in [3.63, 3.8) is 0 Å². The van der Waals surface area contributed by atoms with Crippen molar-refractivity contribution in [1.82, 2.24) is 4.90 Å². The van der Waals surface area contributed by atoms with Crippen LogP contribution in [0.2, 0.25) is 0 Å². The van der Waals surface area contributed by atoms with Crippen LogP contribution in [0, 0.1) is 0 Å². The van der Waals surface area contributed by atoms with E-state index in [1.54, 1.807) is 0 Å². The van der Waals surface area contributed by atoms with E-state index in [0.29, 0.717) is 0 Å². The summed E-state index contributed by atoms with van der Waals surface area (Å²) < 4.78 is 0. The Morgan fingerprint density at radius 3 is 2.43 bits per heavy atom. The largest absolute Gasteiger partial charge is 0.374 e. The second-order valence-corrected chi connectivity index (χ2v) is 6.04. The van der Waals surface area contributed by atoms with Gasteiger partial charge < -0.3 is 10.0 Å². The van der Waals surface area contributed by atoms with Crippen LogP contribution in [0.15, 0.2) is 17.1 Å². The van der Waals surface area contributed by atoms with Crippen molar-refractivity contribution in [1.29, 1.82) is 0 Å². The van der Waals surface area contributed by atoms with Crippen LogP contribution >= 0.6 is 0 Å². The van der Waals surface area contributed by atoms with Crippen LogP contribution in [0.5, 0.6) is 0 Å². The summed E-state index contributed by atoms with van der Waals surface area (Å²) in [5.74, 6) is 1.11. The second kappa shape index (κ2) is 11.8. The maximum atomic E-state index is 9.64. The Hall–Kier alpha value is -0.830. The van der Waals surface area contributed by atoms with Gasteiger partial charge >= 0.3 is 0 Å². The van der Waals surface area contributed by atoms with E-state index in [9.17, 15) is 5.11 Å². The van der Waals surface area contributed by atoms with Gasteiger partial charge in [-0.05, 0) is 39.0 Å². The first-order valence-electron chi connectivity index (χ1n) is 8.88. The van der Waals surface area contributed by atoms with Crippen molar-refractivity contribution >= 4 is 5.84 Å². The zero-order chi connectivity index (χ0) is 15.3. The highest BCUT2D eigenvalue weighted by Crippen LogP contribution is 2.13. The van der Waals surface area contributed by atoms with Gasteiger partial charge in [-0.25, -0.2) is 0 Å². The van der Waals surface area contributed by atoms with Gasteiger partial charge in [-0.3, -0.25) is 4.99 Å². The number of rotatable bonds is 12. The van der Waals surface area contributed by atoms with Gasteiger partial charge in [-0.1, -0.05) is 44.8 Å². The first-order chi connectivity index (χ1) is 10.3. The lowest BCUT2D eigenvalue weighted by molar-refractivity contribution is 0.0766.